The van der Waals surface area contributed by atoms with Gasteiger partial charge < -0.3 is 16.8 Å². The average Bonchev–Trinajstić information content (AvgIpc) is 3.02. The van der Waals surface area contributed by atoms with E-state index in [-0.39, 0.29) is 5.78 Å². The van der Waals surface area contributed by atoms with Crippen LogP contribution in [0.5, 0.6) is 0 Å². The molecule has 4 rings (SSSR count). The number of aromatic nitrogens is 3. The monoisotopic (exact) mass is 336 g/mol. The molecule has 3 aromatic rings. The summed E-state index contributed by atoms with van der Waals surface area (Å²) in [6, 6.07) is 5.69. The van der Waals surface area contributed by atoms with Gasteiger partial charge in [0.1, 0.15) is 5.69 Å². The predicted molar refractivity (Wildman–Crippen MR) is 97.6 cm³/mol. The van der Waals surface area contributed by atoms with Gasteiger partial charge in [0.2, 0.25) is 0 Å². The summed E-state index contributed by atoms with van der Waals surface area (Å²) in [6.07, 6.45) is 4.18. The number of fused-ring (bicyclic) bond motifs is 2. The fourth-order valence-corrected chi connectivity index (χ4v) is 3.38. The molecule has 0 amide bonds. The van der Waals surface area contributed by atoms with Crippen LogP contribution in [0.25, 0.3) is 22.2 Å². The number of anilines is 1. The van der Waals surface area contributed by atoms with Crippen LogP contribution in [-0.2, 0) is 6.54 Å². The number of hydrogen-bond donors (Lipinski definition) is 3. The third-order valence-electron chi connectivity index (χ3n) is 4.50. The van der Waals surface area contributed by atoms with Crippen molar-refractivity contribution in [1.29, 1.82) is 0 Å². The number of carbonyl (C=O) groups is 1. The van der Waals surface area contributed by atoms with Crippen LogP contribution in [0, 0.1) is 0 Å². The molecule has 7 nitrogen and oxygen atoms in total. The lowest BCUT2D eigenvalue weighted by atomic mass is 9.87. The third kappa shape index (κ3) is 2.40. The first-order valence-electron chi connectivity index (χ1n) is 8.43. The molecule has 0 aliphatic heterocycles. The van der Waals surface area contributed by atoms with E-state index >= 15 is 0 Å². The SMILES string of the molecule is NCCCn1nc2c3c(c(NCCN)ccc31)C(=O)c1ccncc1-2. The molecule has 5 N–H and O–H groups in total. The maximum atomic E-state index is 13.1. The van der Waals surface area contributed by atoms with Gasteiger partial charge in [0.15, 0.2) is 5.78 Å². The van der Waals surface area contributed by atoms with E-state index in [1.54, 1.807) is 18.5 Å². The van der Waals surface area contributed by atoms with E-state index in [1.807, 2.05) is 16.8 Å². The van der Waals surface area contributed by atoms with Gasteiger partial charge in [-0.3, -0.25) is 14.5 Å². The van der Waals surface area contributed by atoms with Crippen LogP contribution in [0.1, 0.15) is 22.3 Å². The number of hydrogen-bond acceptors (Lipinski definition) is 6. The van der Waals surface area contributed by atoms with Crippen molar-refractivity contribution in [3.8, 4) is 11.3 Å². The standard InChI is InChI=1S/C18H20N6O/c19-5-1-9-24-14-3-2-13(22-8-6-20)15-16(14)17(23-24)12-10-21-7-4-11(12)18(15)25/h2-4,7,10,22H,1,5-6,8-9,19-20H2. The Morgan fingerprint density at radius 1 is 1.12 bits per heavy atom. The highest BCUT2D eigenvalue weighted by Crippen LogP contribution is 2.41. The first kappa shape index (κ1) is 15.7. The van der Waals surface area contributed by atoms with E-state index in [4.69, 9.17) is 16.6 Å². The number of carbonyl (C=O) groups excluding carboxylic acids is 1. The Kier molecular flexibility index (Phi) is 3.95. The van der Waals surface area contributed by atoms with Crippen LogP contribution in [0.4, 0.5) is 5.69 Å². The Morgan fingerprint density at radius 2 is 2.00 bits per heavy atom. The summed E-state index contributed by atoms with van der Waals surface area (Å²) in [5.41, 5.74) is 15.9. The lowest BCUT2D eigenvalue weighted by molar-refractivity contribution is 0.104. The van der Waals surface area contributed by atoms with Crippen LogP contribution in [0.2, 0.25) is 0 Å². The van der Waals surface area contributed by atoms with Crippen LogP contribution in [0.15, 0.2) is 30.6 Å². The van der Waals surface area contributed by atoms with Gasteiger partial charge in [-0.15, -0.1) is 0 Å². The van der Waals surface area contributed by atoms with Gasteiger partial charge in [0.25, 0.3) is 0 Å². The van der Waals surface area contributed by atoms with Crippen LogP contribution in [0.3, 0.4) is 0 Å². The van der Waals surface area contributed by atoms with Crippen molar-refractivity contribution in [3.05, 3.63) is 41.7 Å². The topological polar surface area (TPSA) is 112 Å². The third-order valence-corrected chi connectivity index (χ3v) is 4.50. The number of rotatable bonds is 6. The second-order valence-electron chi connectivity index (χ2n) is 6.06. The Morgan fingerprint density at radius 3 is 2.80 bits per heavy atom. The quantitative estimate of drug-likeness (QED) is 0.490. The van der Waals surface area contributed by atoms with E-state index in [0.29, 0.717) is 37.3 Å². The number of nitrogens with one attached hydrogen (secondary N) is 1. The van der Waals surface area contributed by atoms with E-state index in [2.05, 4.69) is 10.3 Å². The molecular weight excluding hydrogens is 316 g/mol. The van der Waals surface area contributed by atoms with Crippen molar-refractivity contribution < 1.29 is 4.79 Å². The zero-order valence-electron chi connectivity index (χ0n) is 13.8. The summed E-state index contributed by atoms with van der Waals surface area (Å²) >= 11 is 0. The molecule has 1 aromatic carbocycles. The van der Waals surface area contributed by atoms with E-state index in [0.717, 1.165) is 34.3 Å². The van der Waals surface area contributed by atoms with Crippen molar-refractivity contribution in [1.82, 2.24) is 14.8 Å². The number of pyridine rings is 1. The molecule has 0 atom stereocenters. The summed E-state index contributed by atoms with van der Waals surface area (Å²) in [5, 5.41) is 8.91. The minimum absolute atomic E-state index is 0.00611. The van der Waals surface area contributed by atoms with Gasteiger partial charge in [-0.25, -0.2) is 0 Å². The molecule has 0 fully saturated rings. The van der Waals surface area contributed by atoms with E-state index in [9.17, 15) is 4.79 Å². The summed E-state index contributed by atoms with van der Waals surface area (Å²) in [4.78, 5) is 17.3. The van der Waals surface area contributed by atoms with Crippen molar-refractivity contribution in [2.45, 2.75) is 13.0 Å². The molecule has 0 spiro atoms. The highest BCUT2D eigenvalue weighted by molar-refractivity contribution is 6.27. The summed E-state index contributed by atoms with van der Waals surface area (Å²) in [6.45, 7) is 2.41. The predicted octanol–water partition coefficient (Wildman–Crippen LogP) is 1.36. The maximum absolute atomic E-state index is 13.1. The average molecular weight is 336 g/mol. The fraction of sp³-hybridized carbons (Fsp3) is 0.278. The Balaban J connectivity index is 2.00. The molecule has 0 saturated heterocycles. The number of ketones is 1. The molecule has 128 valence electrons. The maximum Gasteiger partial charge on any atom is 0.196 e. The van der Waals surface area contributed by atoms with Gasteiger partial charge >= 0.3 is 0 Å². The number of aryl methyl sites for hydroxylation is 1. The van der Waals surface area contributed by atoms with Crippen LogP contribution >= 0.6 is 0 Å². The minimum Gasteiger partial charge on any atom is -0.383 e. The molecule has 0 bridgehead atoms. The van der Waals surface area contributed by atoms with Gasteiger partial charge in [-0.2, -0.15) is 5.10 Å². The van der Waals surface area contributed by atoms with Crippen LogP contribution < -0.4 is 16.8 Å². The van der Waals surface area contributed by atoms with E-state index in [1.165, 1.54) is 0 Å². The Labute approximate surface area is 145 Å². The molecule has 0 radical (unpaired) electrons. The van der Waals surface area contributed by atoms with Gasteiger partial charge in [0.05, 0.1) is 11.1 Å². The molecule has 25 heavy (non-hydrogen) atoms. The molecule has 2 heterocycles. The number of benzene rings is 1. The lowest BCUT2D eigenvalue weighted by Crippen LogP contribution is -2.17. The first-order chi connectivity index (χ1) is 12.3. The van der Waals surface area contributed by atoms with E-state index < -0.39 is 0 Å². The first-order valence-corrected chi connectivity index (χ1v) is 8.43. The molecule has 1 aliphatic rings. The summed E-state index contributed by atoms with van der Waals surface area (Å²) in [5.74, 6) is -0.00611. The molecule has 0 unspecified atom stereocenters. The summed E-state index contributed by atoms with van der Waals surface area (Å²) in [7, 11) is 0. The van der Waals surface area contributed by atoms with Crippen molar-refractivity contribution >= 4 is 22.4 Å². The number of nitrogens with two attached hydrogens (primary N) is 2. The second-order valence-corrected chi connectivity index (χ2v) is 6.06. The molecule has 1 aliphatic carbocycles. The molecular formula is C18H20N6O. The van der Waals surface area contributed by atoms with Crippen LogP contribution in [-0.4, -0.2) is 40.2 Å². The van der Waals surface area contributed by atoms with Crippen molar-refractivity contribution in [2.24, 2.45) is 11.5 Å². The smallest absolute Gasteiger partial charge is 0.196 e. The summed E-state index contributed by atoms with van der Waals surface area (Å²) < 4.78 is 1.93. The lowest BCUT2D eigenvalue weighted by Gasteiger charge is -2.18. The van der Waals surface area contributed by atoms with Crippen molar-refractivity contribution in [2.75, 3.05) is 25.0 Å². The molecule has 0 saturated carbocycles. The molecule has 2 aromatic heterocycles. The molecule has 7 heteroatoms. The van der Waals surface area contributed by atoms with Gasteiger partial charge in [-0.05, 0) is 31.2 Å². The second kappa shape index (κ2) is 6.27. The van der Waals surface area contributed by atoms with Gasteiger partial charge in [-0.1, -0.05) is 0 Å². The highest BCUT2D eigenvalue weighted by atomic mass is 16.1. The van der Waals surface area contributed by atoms with Crippen molar-refractivity contribution in [3.63, 3.8) is 0 Å². The number of nitrogens with zero attached hydrogens (tertiary/aromatic N) is 3. The highest BCUT2D eigenvalue weighted by Gasteiger charge is 2.31. The van der Waals surface area contributed by atoms with Gasteiger partial charge in [0, 0.05) is 54.2 Å². The minimum atomic E-state index is -0.00611. The Bertz CT molecular complexity index is 962. The largest absolute Gasteiger partial charge is 0.383 e. The zero-order valence-corrected chi connectivity index (χ0v) is 13.8. The fourth-order valence-electron chi connectivity index (χ4n) is 3.38. The zero-order chi connectivity index (χ0) is 17.4. The normalized spacial score (nSPS) is 12.5. The Hall–Kier alpha value is -2.77.